The number of furan rings is 1. The first-order valence-electron chi connectivity index (χ1n) is 6.56. The zero-order chi connectivity index (χ0) is 13.7. The van der Waals surface area contributed by atoms with Gasteiger partial charge in [-0.1, -0.05) is 6.92 Å². The number of ether oxygens (including phenoxy) is 1. The van der Waals surface area contributed by atoms with E-state index >= 15 is 0 Å². The van der Waals surface area contributed by atoms with Gasteiger partial charge in [0.05, 0.1) is 6.61 Å². The van der Waals surface area contributed by atoms with Crippen LogP contribution in [-0.4, -0.2) is 26.8 Å². The predicted molar refractivity (Wildman–Crippen MR) is 73.8 cm³/mol. The maximum absolute atomic E-state index is 13.1. The van der Waals surface area contributed by atoms with E-state index < -0.39 is 0 Å². The van der Waals surface area contributed by atoms with Gasteiger partial charge in [0.15, 0.2) is 0 Å². The molecule has 1 unspecified atom stereocenters. The average molecular weight is 265 g/mol. The largest absolute Gasteiger partial charge is 0.461 e. The maximum atomic E-state index is 13.1. The average Bonchev–Trinajstić information content (AvgIpc) is 2.76. The van der Waals surface area contributed by atoms with Crippen molar-refractivity contribution in [2.24, 2.45) is 5.92 Å². The fourth-order valence-electron chi connectivity index (χ4n) is 2.11. The van der Waals surface area contributed by atoms with Gasteiger partial charge < -0.3 is 14.5 Å². The summed E-state index contributed by atoms with van der Waals surface area (Å²) in [6.07, 6.45) is 0.844. The molecule has 2 rings (SSSR count). The summed E-state index contributed by atoms with van der Waals surface area (Å²) in [4.78, 5) is 0. The van der Waals surface area contributed by atoms with Crippen LogP contribution in [0.1, 0.15) is 12.7 Å². The molecule has 0 aliphatic rings. The molecule has 1 aromatic carbocycles. The quantitative estimate of drug-likeness (QED) is 0.781. The van der Waals surface area contributed by atoms with Crippen LogP contribution in [0.15, 0.2) is 28.7 Å². The van der Waals surface area contributed by atoms with E-state index in [1.165, 1.54) is 12.1 Å². The minimum Gasteiger partial charge on any atom is -0.461 e. The van der Waals surface area contributed by atoms with Crippen LogP contribution in [0.4, 0.5) is 4.39 Å². The molecule has 1 atom stereocenters. The molecule has 104 valence electrons. The van der Waals surface area contributed by atoms with Crippen molar-refractivity contribution < 1.29 is 13.5 Å². The second kappa shape index (κ2) is 6.68. The van der Waals surface area contributed by atoms with Crippen LogP contribution in [-0.2, 0) is 11.2 Å². The first kappa shape index (κ1) is 14.0. The number of methoxy groups -OCH3 is 1. The van der Waals surface area contributed by atoms with Crippen LogP contribution >= 0.6 is 0 Å². The van der Waals surface area contributed by atoms with Crippen LogP contribution in [0.2, 0.25) is 0 Å². The Morgan fingerprint density at radius 1 is 1.37 bits per heavy atom. The van der Waals surface area contributed by atoms with Crippen molar-refractivity contribution in [3.05, 3.63) is 35.8 Å². The molecule has 0 radical (unpaired) electrons. The smallest absolute Gasteiger partial charge is 0.134 e. The molecule has 19 heavy (non-hydrogen) atoms. The van der Waals surface area contributed by atoms with Crippen molar-refractivity contribution in [3.63, 3.8) is 0 Å². The molecule has 0 saturated carbocycles. The summed E-state index contributed by atoms with van der Waals surface area (Å²) in [5, 5.41) is 4.15. The van der Waals surface area contributed by atoms with Crippen LogP contribution in [0.25, 0.3) is 11.0 Å². The zero-order valence-electron chi connectivity index (χ0n) is 11.4. The van der Waals surface area contributed by atoms with Gasteiger partial charge in [-0.05, 0) is 36.7 Å². The highest BCUT2D eigenvalue weighted by atomic mass is 19.1. The Bertz CT molecular complexity index is 524. The van der Waals surface area contributed by atoms with E-state index in [-0.39, 0.29) is 5.82 Å². The van der Waals surface area contributed by atoms with Crippen molar-refractivity contribution in [2.45, 2.75) is 13.3 Å². The zero-order valence-corrected chi connectivity index (χ0v) is 11.4. The van der Waals surface area contributed by atoms with E-state index in [1.807, 2.05) is 6.07 Å². The summed E-state index contributed by atoms with van der Waals surface area (Å²) in [6.45, 7) is 4.64. The number of fused-ring (bicyclic) bond motifs is 1. The van der Waals surface area contributed by atoms with Gasteiger partial charge in [-0.2, -0.15) is 0 Å². The van der Waals surface area contributed by atoms with E-state index in [0.29, 0.717) is 5.92 Å². The van der Waals surface area contributed by atoms with Crippen molar-refractivity contribution >= 4 is 11.0 Å². The lowest BCUT2D eigenvalue weighted by Gasteiger charge is -2.10. The molecule has 1 heterocycles. The summed E-state index contributed by atoms with van der Waals surface area (Å²) in [7, 11) is 1.69. The molecule has 0 fully saturated rings. The van der Waals surface area contributed by atoms with Crippen LogP contribution in [0.5, 0.6) is 0 Å². The van der Waals surface area contributed by atoms with E-state index in [4.69, 9.17) is 9.15 Å². The monoisotopic (exact) mass is 265 g/mol. The molecule has 4 heteroatoms. The summed E-state index contributed by atoms with van der Waals surface area (Å²) < 4.78 is 23.8. The number of hydrogen-bond donors (Lipinski definition) is 1. The fraction of sp³-hybridized carbons (Fsp3) is 0.467. The minimum atomic E-state index is -0.228. The summed E-state index contributed by atoms with van der Waals surface area (Å²) in [6, 6.07) is 6.52. The molecule has 0 aliphatic carbocycles. The molecular weight excluding hydrogens is 245 g/mol. The second-order valence-corrected chi connectivity index (χ2v) is 4.90. The van der Waals surface area contributed by atoms with Gasteiger partial charge in [-0.3, -0.25) is 0 Å². The molecule has 0 spiro atoms. The molecule has 0 saturated heterocycles. The standard InChI is InChI=1S/C15H20FNO2/c1-11(10-17-5-6-18-2)7-14-9-12-8-13(16)3-4-15(12)19-14/h3-4,8-9,11,17H,5-7,10H2,1-2H3. The highest BCUT2D eigenvalue weighted by Gasteiger charge is 2.09. The first-order valence-corrected chi connectivity index (χ1v) is 6.56. The van der Waals surface area contributed by atoms with Crippen molar-refractivity contribution in [3.8, 4) is 0 Å². The lowest BCUT2D eigenvalue weighted by molar-refractivity contribution is 0.198. The Morgan fingerprint density at radius 3 is 3.00 bits per heavy atom. The van der Waals surface area contributed by atoms with Gasteiger partial charge >= 0.3 is 0 Å². The molecule has 0 amide bonds. The third-order valence-electron chi connectivity index (χ3n) is 3.05. The first-order chi connectivity index (χ1) is 9.19. The second-order valence-electron chi connectivity index (χ2n) is 4.90. The summed E-state index contributed by atoms with van der Waals surface area (Å²) in [5.74, 6) is 1.14. The van der Waals surface area contributed by atoms with Crippen LogP contribution < -0.4 is 5.32 Å². The summed E-state index contributed by atoms with van der Waals surface area (Å²) >= 11 is 0. The van der Waals surface area contributed by atoms with Gasteiger partial charge in [-0.15, -0.1) is 0 Å². The Hall–Kier alpha value is -1.39. The van der Waals surface area contributed by atoms with Gasteiger partial charge in [-0.25, -0.2) is 4.39 Å². The Labute approximate surface area is 112 Å². The molecule has 1 N–H and O–H groups in total. The molecule has 0 bridgehead atoms. The third-order valence-corrected chi connectivity index (χ3v) is 3.05. The van der Waals surface area contributed by atoms with Crippen LogP contribution in [0.3, 0.4) is 0 Å². The van der Waals surface area contributed by atoms with Crippen LogP contribution in [0, 0.1) is 11.7 Å². The van der Waals surface area contributed by atoms with E-state index in [1.54, 1.807) is 13.2 Å². The van der Waals surface area contributed by atoms with Gasteiger partial charge in [0.2, 0.25) is 0 Å². The SMILES string of the molecule is COCCNCC(C)Cc1cc2cc(F)ccc2o1. The molecular formula is C15H20FNO2. The number of rotatable bonds is 7. The fourth-order valence-corrected chi connectivity index (χ4v) is 2.11. The third kappa shape index (κ3) is 4.04. The van der Waals surface area contributed by atoms with Crippen molar-refractivity contribution in [1.82, 2.24) is 5.32 Å². The Balaban J connectivity index is 1.89. The lowest BCUT2D eigenvalue weighted by atomic mass is 10.1. The number of hydrogen-bond acceptors (Lipinski definition) is 3. The molecule has 3 nitrogen and oxygen atoms in total. The Morgan fingerprint density at radius 2 is 2.21 bits per heavy atom. The van der Waals surface area contributed by atoms with E-state index in [0.717, 1.165) is 42.8 Å². The molecule has 0 aliphatic heterocycles. The lowest BCUT2D eigenvalue weighted by Crippen LogP contribution is -2.25. The van der Waals surface area contributed by atoms with Gasteiger partial charge in [0.25, 0.3) is 0 Å². The topological polar surface area (TPSA) is 34.4 Å². The summed E-state index contributed by atoms with van der Waals surface area (Å²) in [5.41, 5.74) is 0.746. The predicted octanol–water partition coefficient (Wildman–Crippen LogP) is 2.99. The number of benzene rings is 1. The highest BCUT2D eigenvalue weighted by molar-refractivity contribution is 5.77. The van der Waals surface area contributed by atoms with E-state index in [9.17, 15) is 4.39 Å². The van der Waals surface area contributed by atoms with Crippen molar-refractivity contribution in [2.75, 3.05) is 26.8 Å². The number of halogens is 1. The normalized spacial score (nSPS) is 13.0. The maximum Gasteiger partial charge on any atom is 0.134 e. The molecule has 1 aromatic heterocycles. The Kier molecular flexibility index (Phi) is 4.93. The van der Waals surface area contributed by atoms with Gasteiger partial charge in [0.1, 0.15) is 17.2 Å². The molecule has 2 aromatic rings. The van der Waals surface area contributed by atoms with E-state index in [2.05, 4.69) is 12.2 Å². The highest BCUT2D eigenvalue weighted by Crippen LogP contribution is 2.22. The van der Waals surface area contributed by atoms with Crippen molar-refractivity contribution in [1.29, 1.82) is 0 Å². The minimum absolute atomic E-state index is 0.228. The van der Waals surface area contributed by atoms with Gasteiger partial charge in [0, 0.05) is 25.5 Å². The number of nitrogens with one attached hydrogen (secondary N) is 1.